The third kappa shape index (κ3) is 1.84. The number of aromatic nitrogens is 1. The molecule has 3 heteroatoms. The van der Waals surface area contributed by atoms with Crippen LogP contribution in [0.25, 0.3) is 10.9 Å². The molecular weight excluding hydrogens is 215 g/mol. The maximum atomic E-state index is 13.3. The molecule has 1 aromatic carbocycles. The molecule has 0 unspecified atom stereocenters. The summed E-state index contributed by atoms with van der Waals surface area (Å²) in [5.74, 6) is -0.143. The molecule has 1 aliphatic rings. The number of nitrogens with zero attached hydrogens (tertiary/aromatic N) is 1. The Labute approximate surface area is 100 Å². The second-order valence-corrected chi connectivity index (χ2v) is 4.74. The van der Waals surface area contributed by atoms with Gasteiger partial charge in [-0.2, -0.15) is 0 Å². The minimum absolute atomic E-state index is 0.143. The molecular formula is C14H17FN2. The Hall–Kier alpha value is -1.35. The van der Waals surface area contributed by atoms with E-state index in [-0.39, 0.29) is 5.82 Å². The van der Waals surface area contributed by atoms with Gasteiger partial charge in [0.05, 0.1) is 0 Å². The van der Waals surface area contributed by atoms with Gasteiger partial charge in [0.25, 0.3) is 0 Å². The van der Waals surface area contributed by atoms with E-state index in [1.165, 1.54) is 17.3 Å². The Bertz CT molecular complexity index is 544. The average molecular weight is 232 g/mol. The average Bonchev–Trinajstić information content (AvgIpc) is 2.54. The van der Waals surface area contributed by atoms with Gasteiger partial charge in [0.1, 0.15) is 5.82 Å². The van der Waals surface area contributed by atoms with E-state index in [0.717, 1.165) is 43.4 Å². The minimum Gasteiger partial charge on any atom is -0.357 e. The molecule has 2 aromatic rings. The number of hydrogen-bond donors (Lipinski definition) is 1. The van der Waals surface area contributed by atoms with Crippen molar-refractivity contribution in [1.29, 1.82) is 0 Å². The smallest absolute Gasteiger partial charge is 0.123 e. The first kappa shape index (κ1) is 10.8. The SMILES string of the molecule is CCN1CCCc2c([nH]c3ccc(F)cc23)C1. The van der Waals surface area contributed by atoms with Crippen molar-refractivity contribution >= 4 is 10.9 Å². The number of aromatic amines is 1. The quantitative estimate of drug-likeness (QED) is 0.800. The molecule has 0 aliphatic carbocycles. The van der Waals surface area contributed by atoms with Crippen LogP contribution in [-0.4, -0.2) is 23.0 Å². The number of rotatable bonds is 1. The lowest BCUT2D eigenvalue weighted by molar-refractivity contribution is 0.282. The van der Waals surface area contributed by atoms with Crippen molar-refractivity contribution in [3.8, 4) is 0 Å². The molecule has 0 amide bonds. The highest BCUT2D eigenvalue weighted by molar-refractivity contribution is 5.84. The van der Waals surface area contributed by atoms with Gasteiger partial charge in [-0.25, -0.2) is 4.39 Å². The maximum absolute atomic E-state index is 13.3. The molecule has 0 saturated carbocycles. The van der Waals surface area contributed by atoms with Gasteiger partial charge in [0.2, 0.25) is 0 Å². The van der Waals surface area contributed by atoms with Gasteiger partial charge in [0.15, 0.2) is 0 Å². The number of benzene rings is 1. The molecule has 0 bridgehead atoms. The topological polar surface area (TPSA) is 19.0 Å². The predicted molar refractivity (Wildman–Crippen MR) is 67.5 cm³/mol. The molecule has 17 heavy (non-hydrogen) atoms. The Morgan fingerprint density at radius 2 is 2.29 bits per heavy atom. The molecule has 2 nitrogen and oxygen atoms in total. The van der Waals surface area contributed by atoms with Gasteiger partial charge in [-0.3, -0.25) is 4.90 Å². The number of aryl methyl sites for hydroxylation is 1. The zero-order valence-electron chi connectivity index (χ0n) is 10.1. The molecule has 2 heterocycles. The molecule has 90 valence electrons. The summed E-state index contributed by atoms with van der Waals surface area (Å²) < 4.78 is 13.3. The molecule has 1 aromatic heterocycles. The minimum atomic E-state index is -0.143. The van der Waals surface area contributed by atoms with Crippen LogP contribution in [0.4, 0.5) is 4.39 Å². The van der Waals surface area contributed by atoms with Gasteiger partial charge in [-0.15, -0.1) is 0 Å². The molecule has 0 spiro atoms. The molecule has 0 fully saturated rings. The Balaban J connectivity index is 2.12. The van der Waals surface area contributed by atoms with Crippen molar-refractivity contribution < 1.29 is 4.39 Å². The van der Waals surface area contributed by atoms with E-state index in [0.29, 0.717) is 0 Å². The predicted octanol–water partition coefficient (Wildman–Crippen LogP) is 3.08. The summed E-state index contributed by atoms with van der Waals surface area (Å²) >= 11 is 0. The van der Waals surface area contributed by atoms with E-state index >= 15 is 0 Å². The number of hydrogen-bond acceptors (Lipinski definition) is 1. The molecule has 1 N–H and O–H groups in total. The summed E-state index contributed by atoms with van der Waals surface area (Å²) in [5, 5.41) is 1.07. The summed E-state index contributed by atoms with van der Waals surface area (Å²) in [6, 6.07) is 5.03. The van der Waals surface area contributed by atoms with Crippen LogP contribution in [0.2, 0.25) is 0 Å². The van der Waals surface area contributed by atoms with Crippen LogP contribution >= 0.6 is 0 Å². The van der Waals surface area contributed by atoms with E-state index in [1.54, 1.807) is 6.07 Å². The second-order valence-electron chi connectivity index (χ2n) is 4.74. The number of halogens is 1. The van der Waals surface area contributed by atoms with Gasteiger partial charge < -0.3 is 4.98 Å². The van der Waals surface area contributed by atoms with E-state index in [9.17, 15) is 4.39 Å². The van der Waals surface area contributed by atoms with Gasteiger partial charge in [-0.05, 0) is 49.7 Å². The highest BCUT2D eigenvalue weighted by Gasteiger charge is 2.17. The van der Waals surface area contributed by atoms with Crippen LogP contribution in [0.5, 0.6) is 0 Å². The van der Waals surface area contributed by atoms with Gasteiger partial charge in [0, 0.05) is 23.1 Å². The molecule has 0 saturated heterocycles. The van der Waals surface area contributed by atoms with Crippen molar-refractivity contribution in [2.45, 2.75) is 26.3 Å². The van der Waals surface area contributed by atoms with Crippen LogP contribution in [-0.2, 0) is 13.0 Å². The maximum Gasteiger partial charge on any atom is 0.123 e. The van der Waals surface area contributed by atoms with Crippen LogP contribution in [0.1, 0.15) is 24.6 Å². The van der Waals surface area contributed by atoms with E-state index in [2.05, 4.69) is 16.8 Å². The number of H-pyrrole nitrogens is 1. The zero-order chi connectivity index (χ0) is 11.8. The van der Waals surface area contributed by atoms with Crippen LogP contribution in [0.15, 0.2) is 18.2 Å². The molecule has 3 rings (SSSR count). The van der Waals surface area contributed by atoms with E-state index in [1.807, 2.05) is 6.07 Å². The fourth-order valence-corrected chi connectivity index (χ4v) is 2.75. The first-order chi connectivity index (χ1) is 8.28. The van der Waals surface area contributed by atoms with Crippen molar-refractivity contribution in [2.24, 2.45) is 0 Å². The summed E-state index contributed by atoms with van der Waals surface area (Å²) in [7, 11) is 0. The van der Waals surface area contributed by atoms with Crippen molar-refractivity contribution in [2.75, 3.05) is 13.1 Å². The summed E-state index contributed by atoms with van der Waals surface area (Å²) in [5.41, 5.74) is 3.65. The lowest BCUT2D eigenvalue weighted by atomic mass is 10.1. The Morgan fingerprint density at radius 3 is 3.12 bits per heavy atom. The van der Waals surface area contributed by atoms with Gasteiger partial charge >= 0.3 is 0 Å². The lowest BCUT2D eigenvalue weighted by Gasteiger charge is -2.16. The normalized spacial score (nSPS) is 17.1. The third-order valence-corrected chi connectivity index (χ3v) is 3.69. The summed E-state index contributed by atoms with van der Waals surface area (Å²) in [6.45, 7) is 5.36. The summed E-state index contributed by atoms with van der Waals surface area (Å²) in [4.78, 5) is 5.87. The first-order valence-electron chi connectivity index (χ1n) is 6.29. The largest absolute Gasteiger partial charge is 0.357 e. The summed E-state index contributed by atoms with van der Waals surface area (Å²) in [6.07, 6.45) is 2.21. The number of fused-ring (bicyclic) bond motifs is 3. The Kier molecular flexibility index (Phi) is 2.63. The lowest BCUT2D eigenvalue weighted by Crippen LogP contribution is -2.22. The van der Waals surface area contributed by atoms with Gasteiger partial charge in [-0.1, -0.05) is 6.92 Å². The first-order valence-corrected chi connectivity index (χ1v) is 6.29. The van der Waals surface area contributed by atoms with Crippen LogP contribution in [0, 0.1) is 5.82 Å². The van der Waals surface area contributed by atoms with Crippen molar-refractivity contribution in [3.63, 3.8) is 0 Å². The molecule has 0 radical (unpaired) electrons. The monoisotopic (exact) mass is 232 g/mol. The second kappa shape index (κ2) is 4.15. The van der Waals surface area contributed by atoms with Crippen molar-refractivity contribution in [3.05, 3.63) is 35.3 Å². The highest BCUT2D eigenvalue weighted by atomic mass is 19.1. The van der Waals surface area contributed by atoms with E-state index in [4.69, 9.17) is 0 Å². The molecule has 0 atom stereocenters. The fourth-order valence-electron chi connectivity index (χ4n) is 2.75. The fraction of sp³-hybridized carbons (Fsp3) is 0.429. The van der Waals surface area contributed by atoms with Crippen LogP contribution < -0.4 is 0 Å². The standard InChI is InChI=1S/C14H17FN2/c1-2-17-7-3-4-11-12-8-10(15)5-6-13(12)16-14(11)9-17/h5-6,8,16H,2-4,7,9H2,1H3. The van der Waals surface area contributed by atoms with Crippen molar-refractivity contribution in [1.82, 2.24) is 9.88 Å². The van der Waals surface area contributed by atoms with E-state index < -0.39 is 0 Å². The molecule has 1 aliphatic heterocycles. The number of nitrogens with one attached hydrogen (secondary N) is 1. The third-order valence-electron chi connectivity index (χ3n) is 3.69. The highest BCUT2D eigenvalue weighted by Crippen LogP contribution is 2.27. The van der Waals surface area contributed by atoms with Crippen LogP contribution in [0.3, 0.4) is 0 Å². The Morgan fingerprint density at radius 1 is 1.41 bits per heavy atom. The zero-order valence-corrected chi connectivity index (χ0v) is 10.1.